The van der Waals surface area contributed by atoms with Crippen LogP contribution in [0.3, 0.4) is 0 Å². The van der Waals surface area contributed by atoms with Crippen LogP contribution >= 0.6 is 0 Å². The van der Waals surface area contributed by atoms with Gasteiger partial charge in [-0.15, -0.1) is 0 Å². The number of aryl methyl sites for hydroxylation is 3. The average molecular weight is 697 g/mol. The van der Waals surface area contributed by atoms with Crippen LogP contribution in [0.15, 0.2) is 92.3 Å². The number of halogens is 3. The predicted octanol–water partition coefficient (Wildman–Crippen LogP) is -5.61. The van der Waals surface area contributed by atoms with Crippen molar-refractivity contribution in [3.8, 4) is 23.0 Å². The number of aromatic nitrogens is 8. The minimum Gasteiger partial charge on any atom is -1.00 e. The molecule has 0 saturated heterocycles. The summed E-state index contributed by atoms with van der Waals surface area (Å²) in [5.74, 6) is 1.80. The minimum atomic E-state index is 0. The SMILES string of the molecule is Cn1ccnc1.Cn1ccnc1-c1ccccn1.Cn1ccnc1-c1ccccn1.[Cl-].[Cl-].[Cl-].[Os+4]. The van der Waals surface area contributed by atoms with E-state index >= 15 is 0 Å². The van der Waals surface area contributed by atoms with E-state index in [9.17, 15) is 0 Å². The zero-order valence-electron chi connectivity index (χ0n) is 18.7. The Hall–Kier alpha value is -2.56. The van der Waals surface area contributed by atoms with Crippen LogP contribution in [-0.2, 0) is 40.9 Å². The van der Waals surface area contributed by atoms with Crippen molar-refractivity contribution in [2.45, 2.75) is 0 Å². The van der Waals surface area contributed by atoms with Gasteiger partial charge in [-0.3, -0.25) is 9.97 Å². The van der Waals surface area contributed by atoms with Crippen LogP contribution in [-0.4, -0.2) is 38.6 Å². The van der Waals surface area contributed by atoms with Crippen molar-refractivity contribution < 1.29 is 57.0 Å². The van der Waals surface area contributed by atoms with Gasteiger partial charge in [-0.2, -0.15) is 0 Å². The van der Waals surface area contributed by atoms with E-state index in [0.29, 0.717) is 0 Å². The van der Waals surface area contributed by atoms with Gasteiger partial charge in [0.2, 0.25) is 0 Å². The van der Waals surface area contributed by atoms with Gasteiger partial charge < -0.3 is 50.9 Å². The molecule has 0 spiro atoms. The normalized spacial score (nSPS) is 8.68. The molecule has 34 heavy (non-hydrogen) atoms. The molecular weight excluding hydrogens is 673 g/mol. The third kappa shape index (κ3) is 10.1. The maximum Gasteiger partial charge on any atom is 4.00 e. The molecule has 0 radical (unpaired) electrons. The topological polar surface area (TPSA) is 79.2 Å². The van der Waals surface area contributed by atoms with E-state index in [1.54, 1.807) is 37.3 Å². The summed E-state index contributed by atoms with van der Waals surface area (Å²) in [6.45, 7) is 0. The Bertz CT molecular complexity index is 1060. The molecule has 0 aliphatic heterocycles. The first-order chi connectivity index (χ1) is 14.6. The second kappa shape index (κ2) is 17.9. The van der Waals surface area contributed by atoms with Gasteiger partial charge in [0.15, 0.2) is 11.6 Å². The summed E-state index contributed by atoms with van der Waals surface area (Å²) < 4.78 is 5.78. The molecule has 0 aliphatic carbocycles. The first-order valence-electron chi connectivity index (χ1n) is 9.34. The van der Waals surface area contributed by atoms with Gasteiger partial charge in [-0.05, 0) is 24.3 Å². The molecular formula is C22H24Cl3N8Os+. The van der Waals surface area contributed by atoms with Crippen LogP contribution in [0.2, 0.25) is 0 Å². The second-order valence-electron chi connectivity index (χ2n) is 6.38. The molecule has 5 heterocycles. The zero-order valence-corrected chi connectivity index (χ0v) is 23.5. The molecule has 0 aromatic carbocycles. The molecule has 8 nitrogen and oxygen atoms in total. The fourth-order valence-corrected chi connectivity index (χ4v) is 2.54. The third-order valence-electron chi connectivity index (χ3n) is 4.07. The van der Waals surface area contributed by atoms with Crippen molar-refractivity contribution in [2.75, 3.05) is 0 Å². The summed E-state index contributed by atoms with van der Waals surface area (Å²) in [5, 5.41) is 0. The summed E-state index contributed by atoms with van der Waals surface area (Å²) in [6.07, 6.45) is 16.3. The summed E-state index contributed by atoms with van der Waals surface area (Å²) in [4.78, 5) is 20.6. The Morgan fingerprint density at radius 3 is 1.26 bits per heavy atom. The Balaban J connectivity index is 0. The molecule has 0 N–H and O–H groups in total. The van der Waals surface area contributed by atoms with Gasteiger partial charge in [0.1, 0.15) is 11.4 Å². The number of hydrogen-bond donors (Lipinski definition) is 0. The van der Waals surface area contributed by atoms with E-state index in [4.69, 9.17) is 0 Å². The molecule has 0 unspecified atom stereocenters. The number of imidazole rings is 3. The van der Waals surface area contributed by atoms with Crippen LogP contribution < -0.4 is 37.2 Å². The molecule has 12 heteroatoms. The molecule has 0 amide bonds. The predicted molar refractivity (Wildman–Crippen MR) is 116 cm³/mol. The van der Waals surface area contributed by atoms with Crippen LogP contribution in [0.5, 0.6) is 0 Å². The molecule has 5 aromatic heterocycles. The van der Waals surface area contributed by atoms with E-state index in [0.717, 1.165) is 23.0 Å². The van der Waals surface area contributed by atoms with E-state index in [-0.39, 0.29) is 57.0 Å². The van der Waals surface area contributed by atoms with Crippen LogP contribution in [0.1, 0.15) is 0 Å². The Morgan fingerprint density at radius 1 is 0.559 bits per heavy atom. The summed E-state index contributed by atoms with van der Waals surface area (Å²) >= 11 is 0. The second-order valence-corrected chi connectivity index (χ2v) is 6.38. The first kappa shape index (κ1) is 33.6. The van der Waals surface area contributed by atoms with Gasteiger partial charge in [-0.25, -0.2) is 15.0 Å². The number of rotatable bonds is 2. The molecule has 0 fully saturated rings. The maximum atomic E-state index is 4.20. The Kier molecular flexibility index (Phi) is 17.6. The van der Waals surface area contributed by atoms with Crippen molar-refractivity contribution >= 4 is 0 Å². The van der Waals surface area contributed by atoms with Crippen molar-refractivity contribution in [3.05, 3.63) is 92.3 Å². The smallest absolute Gasteiger partial charge is 1.00 e. The van der Waals surface area contributed by atoms with Crippen LogP contribution in [0, 0.1) is 0 Å². The molecule has 0 aliphatic rings. The fourth-order valence-electron chi connectivity index (χ4n) is 2.54. The first-order valence-corrected chi connectivity index (χ1v) is 9.34. The van der Waals surface area contributed by atoms with Gasteiger partial charge >= 0.3 is 19.8 Å². The standard InChI is InChI=1S/2C9H9N3.C4H6N2.3ClH.Os/c2*1-12-7-6-11-9(12)8-4-2-3-5-10-8;1-6-3-2-5-4-6;;;;/h2*2-7H,1H3;2-4H,1H3;3*1H;/q;;;;;;+4/p-3. The van der Waals surface area contributed by atoms with Crippen molar-refractivity contribution in [2.24, 2.45) is 21.1 Å². The zero-order chi connectivity index (χ0) is 21.2. The third-order valence-corrected chi connectivity index (χ3v) is 4.07. The maximum absolute atomic E-state index is 4.20. The van der Waals surface area contributed by atoms with Gasteiger partial charge in [0, 0.05) is 70.7 Å². The van der Waals surface area contributed by atoms with E-state index < -0.39 is 0 Å². The summed E-state index contributed by atoms with van der Waals surface area (Å²) in [6, 6.07) is 11.6. The van der Waals surface area contributed by atoms with Gasteiger partial charge in [0.05, 0.1) is 6.33 Å². The van der Waals surface area contributed by atoms with Crippen LogP contribution in [0.25, 0.3) is 23.0 Å². The fraction of sp³-hybridized carbons (Fsp3) is 0.136. The van der Waals surface area contributed by atoms with Crippen LogP contribution in [0.4, 0.5) is 0 Å². The van der Waals surface area contributed by atoms with Crippen molar-refractivity contribution in [1.29, 1.82) is 0 Å². The molecule has 0 bridgehead atoms. The largest absolute Gasteiger partial charge is 4.00 e. The molecule has 0 saturated carbocycles. The van der Waals surface area contributed by atoms with Crippen molar-refractivity contribution in [3.63, 3.8) is 0 Å². The average Bonchev–Trinajstić information content (AvgIpc) is 3.53. The number of pyridine rings is 2. The van der Waals surface area contributed by atoms with Gasteiger partial charge in [0.25, 0.3) is 0 Å². The number of hydrogen-bond acceptors (Lipinski definition) is 5. The summed E-state index contributed by atoms with van der Waals surface area (Å²) in [7, 11) is 5.85. The molecule has 0 atom stereocenters. The van der Waals surface area contributed by atoms with E-state index in [1.165, 1.54) is 0 Å². The molecule has 5 aromatic rings. The quantitative estimate of drug-likeness (QED) is 0.184. The van der Waals surface area contributed by atoms with E-state index in [2.05, 4.69) is 24.9 Å². The monoisotopic (exact) mass is 697 g/mol. The molecule has 5 rings (SSSR count). The van der Waals surface area contributed by atoms with Crippen molar-refractivity contribution in [1.82, 2.24) is 38.6 Å². The van der Waals surface area contributed by atoms with Gasteiger partial charge in [-0.1, -0.05) is 12.1 Å². The van der Waals surface area contributed by atoms with E-state index in [1.807, 2.05) is 89.8 Å². The summed E-state index contributed by atoms with van der Waals surface area (Å²) in [5.41, 5.74) is 1.81. The molecule has 180 valence electrons. The minimum absolute atomic E-state index is 0. The Labute approximate surface area is 231 Å². The number of nitrogens with zero attached hydrogens (tertiary/aromatic N) is 8. The Morgan fingerprint density at radius 2 is 1.03 bits per heavy atom.